The Bertz CT molecular complexity index is 598. The summed E-state index contributed by atoms with van der Waals surface area (Å²) in [6.45, 7) is 0.477. The number of phenols is 1. The minimum absolute atomic E-state index is 0.124. The van der Waals surface area contributed by atoms with Gasteiger partial charge in [-0.25, -0.2) is 4.98 Å². The molecule has 1 aromatic heterocycles. The third-order valence-corrected chi connectivity index (χ3v) is 2.51. The van der Waals surface area contributed by atoms with Gasteiger partial charge in [-0.2, -0.15) is 0 Å². The van der Waals surface area contributed by atoms with Crippen LogP contribution in [0.4, 0.5) is 17.3 Å². The SMILES string of the molecule is Nc1nc(NCc2ccc(O)cc2)ccc1[N+](=O)[O-]. The molecule has 0 saturated heterocycles. The zero-order chi connectivity index (χ0) is 13.8. The Morgan fingerprint density at radius 3 is 2.53 bits per heavy atom. The summed E-state index contributed by atoms with van der Waals surface area (Å²) in [5, 5.41) is 22.7. The molecule has 4 N–H and O–H groups in total. The highest BCUT2D eigenvalue weighted by molar-refractivity contribution is 5.57. The number of anilines is 2. The summed E-state index contributed by atoms with van der Waals surface area (Å²) in [5.41, 5.74) is 6.21. The van der Waals surface area contributed by atoms with Crippen molar-refractivity contribution in [2.45, 2.75) is 6.54 Å². The first-order valence-corrected chi connectivity index (χ1v) is 5.49. The molecule has 2 rings (SSSR count). The fraction of sp³-hybridized carbons (Fsp3) is 0.0833. The molecule has 98 valence electrons. The molecule has 19 heavy (non-hydrogen) atoms. The molecular formula is C12H12N4O3. The number of hydrogen-bond donors (Lipinski definition) is 3. The van der Waals surface area contributed by atoms with Crippen LogP contribution in [0, 0.1) is 10.1 Å². The number of nitrogens with zero attached hydrogens (tertiary/aromatic N) is 2. The van der Waals surface area contributed by atoms with E-state index in [0.717, 1.165) is 5.56 Å². The van der Waals surface area contributed by atoms with Gasteiger partial charge in [0.15, 0.2) is 0 Å². The van der Waals surface area contributed by atoms with Crippen LogP contribution in [0.5, 0.6) is 5.75 Å². The van der Waals surface area contributed by atoms with Crippen molar-refractivity contribution in [3.05, 3.63) is 52.1 Å². The highest BCUT2D eigenvalue weighted by atomic mass is 16.6. The Morgan fingerprint density at radius 1 is 1.26 bits per heavy atom. The first-order chi connectivity index (χ1) is 9.06. The number of nitrogens with one attached hydrogen (secondary N) is 1. The van der Waals surface area contributed by atoms with E-state index in [2.05, 4.69) is 10.3 Å². The van der Waals surface area contributed by atoms with Crippen molar-refractivity contribution in [3.63, 3.8) is 0 Å². The van der Waals surface area contributed by atoms with E-state index < -0.39 is 4.92 Å². The van der Waals surface area contributed by atoms with Crippen LogP contribution in [-0.4, -0.2) is 15.0 Å². The van der Waals surface area contributed by atoms with Crippen molar-refractivity contribution in [2.24, 2.45) is 0 Å². The van der Waals surface area contributed by atoms with Gasteiger partial charge in [0.2, 0.25) is 5.82 Å². The number of benzene rings is 1. The monoisotopic (exact) mass is 260 g/mol. The maximum atomic E-state index is 10.6. The number of phenolic OH excluding ortho intramolecular Hbond substituents is 1. The van der Waals surface area contributed by atoms with Gasteiger partial charge < -0.3 is 16.2 Å². The van der Waals surface area contributed by atoms with E-state index in [0.29, 0.717) is 12.4 Å². The number of rotatable bonds is 4. The lowest BCUT2D eigenvalue weighted by Crippen LogP contribution is -2.04. The zero-order valence-electron chi connectivity index (χ0n) is 9.91. The Labute approximate surface area is 108 Å². The third-order valence-electron chi connectivity index (χ3n) is 2.51. The first kappa shape index (κ1) is 12.6. The summed E-state index contributed by atoms with van der Waals surface area (Å²) in [7, 11) is 0. The topological polar surface area (TPSA) is 114 Å². The number of nitrogen functional groups attached to an aromatic ring is 1. The Kier molecular flexibility index (Phi) is 3.46. The van der Waals surface area contributed by atoms with Crippen molar-refractivity contribution in [1.82, 2.24) is 4.98 Å². The Balaban J connectivity index is 2.06. The first-order valence-electron chi connectivity index (χ1n) is 5.49. The van der Waals surface area contributed by atoms with Crippen LogP contribution in [0.2, 0.25) is 0 Å². The van der Waals surface area contributed by atoms with E-state index in [1.54, 1.807) is 24.3 Å². The van der Waals surface area contributed by atoms with Crippen LogP contribution >= 0.6 is 0 Å². The average molecular weight is 260 g/mol. The molecule has 0 fully saturated rings. The van der Waals surface area contributed by atoms with Gasteiger partial charge in [0.05, 0.1) is 4.92 Å². The molecule has 0 aliphatic heterocycles. The van der Waals surface area contributed by atoms with Crippen LogP contribution < -0.4 is 11.1 Å². The lowest BCUT2D eigenvalue weighted by molar-refractivity contribution is -0.384. The van der Waals surface area contributed by atoms with Gasteiger partial charge in [0.1, 0.15) is 11.6 Å². The second kappa shape index (κ2) is 5.21. The second-order valence-electron chi connectivity index (χ2n) is 3.88. The molecule has 1 heterocycles. The molecule has 0 saturated carbocycles. The van der Waals surface area contributed by atoms with Crippen molar-refractivity contribution in [1.29, 1.82) is 0 Å². The molecule has 7 heteroatoms. The number of nitro groups is 1. The second-order valence-corrected chi connectivity index (χ2v) is 3.88. The van der Waals surface area contributed by atoms with Gasteiger partial charge in [0.25, 0.3) is 0 Å². The molecule has 0 unspecified atom stereocenters. The zero-order valence-corrected chi connectivity index (χ0v) is 9.91. The summed E-state index contributed by atoms with van der Waals surface area (Å²) in [5.74, 6) is 0.526. The van der Waals surface area contributed by atoms with Gasteiger partial charge in [-0.1, -0.05) is 12.1 Å². The number of aromatic nitrogens is 1. The van der Waals surface area contributed by atoms with E-state index in [4.69, 9.17) is 10.8 Å². The predicted molar refractivity (Wildman–Crippen MR) is 70.7 cm³/mol. The van der Waals surface area contributed by atoms with Gasteiger partial charge in [0, 0.05) is 12.6 Å². The number of nitrogens with two attached hydrogens (primary N) is 1. The highest BCUT2D eigenvalue weighted by Gasteiger charge is 2.12. The lowest BCUT2D eigenvalue weighted by atomic mass is 10.2. The summed E-state index contributed by atoms with van der Waals surface area (Å²) < 4.78 is 0. The van der Waals surface area contributed by atoms with Crippen LogP contribution in [-0.2, 0) is 6.54 Å². The van der Waals surface area contributed by atoms with Crippen LogP contribution in [0.1, 0.15) is 5.56 Å². The van der Waals surface area contributed by atoms with Crippen molar-refractivity contribution in [3.8, 4) is 5.75 Å². The molecule has 0 aliphatic rings. The summed E-state index contributed by atoms with van der Waals surface area (Å²) >= 11 is 0. The molecule has 1 aromatic carbocycles. The number of hydrogen-bond acceptors (Lipinski definition) is 6. The van der Waals surface area contributed by atoms with Gasteiger partial charge in [-0.05, 0) is 23.8 Å². The van der Waals surface area contributed by atoms with Gasteiger partial charge in [-0.3, -0.25) is 10.1 Å². The normalized spacial score (nSPS) is 10.1. The fourth-order valence-corrected chi connectivity index (χ4v) is 1.53. The minimum atomic E-state index is -0.577. The van der Waals surface area contributed by atoms with Gasteiger partial charge in [-0.15, -0.1) is 0 Å². The van der Waals surface area contributed by atoms with Crippen LogP contribution in [0.3, 0.4) is 0 Å². The van der Waals surface area contributed by atoms with Crippen LogP contribution in [0.15, 0.2) is 36.4 Å². The molecule has 0 atom stereocenters. The number of aromatic hydroxyl groups is 1. The summed E-state index contributed by atoms with van der Waals surface area (Å²) in [6, 6.07) is 9.48. The number of pyridine rings is 1. The molecule has 0 bridgehead atoms. The standard InChI is InChI=1S/C12H12N4O3/c13-12-10(16(18)19)5-6-11(15-12)14-7-8-1-3-9(17)4-2-8/h1-6,17H,7H2,(H3,13,14,15). The fourth-order valence-electron chi connectivity index (χ4n) is 1.53. The molecule has 2 aromatic rings. The highest BCUT2D eigenvalue weighted by Crippen LogP contribution is 2.21. The molecule has 0 amide bonds. The Morgan fingerprint density at radius 2 is 1.95 bits per heavy atom. The quantitative estimate of drug-likeness (QED) is 0.571. The molecule has 0 aliphatic carbocycles. The van der Waals surface area contributed by atoms with Crippen molar-refractivity contribution < 1.29 is 10.0 Å². The molecule has 0 radical (unpaired) electrons. The Hall–Kier alpha value is -2.83. The van der Waals surface area contributed by atoms with E-state index in [9.17, 15) is 10.1 Å². The summed E-state index contributed by atoms with van der Waals surface area (Å²) in [4.78, 5) is 13.9. The molecule has 7 nitrogen and oxygen atoms in total. The average Bonchev–Trinajstić information content (AvgIpc) is 2.37. The van der Waals surface area contributed by atoms with E-state index in [1.807, 2.05) is 0 Å². The van der Waals surface area contributed by atoms with Crippen molar-refractivity contribution >= 4 is 17.3 Å². The lowest BCUT2D eigenvalue weighted by Gasteiger charge is -2.06. The van der Waals surface area contributed by atoms with Gasteiger partial charge >= 0.3 is 5.69 Å². The smallest absolute Gasteiger partial charge is 0.311 e. The maximum Gasteiger partial charge on any atom is 0.311 e. The minimum Gasteiger partial charge on any atom is -0.508 e. The largest absolute Gasteiger partial charge is 0.508 e. The van der Waals surface area contributed by atoms with E-state index >= 15 is 0 Å². The molecule has 0 spiro atoms. The third kappa shape index (κ3) is 3.09. The molecular weight excluding hydrogens is 248 g/mol. The van der Waals surface area contributed by atoms with Crippen molar-refractivity contribution in [2.75, 3.05) is 11.1 Å². The maximum absolute atomic E-state index is 10.6. The van der Waals surface area contributed by atoms with E-state index in [1.165, 1.54) is 12.1 Å². The van der Waals surface area contributed by atoms with Crippen LogP contribution in [0.25, 0.3) is 0 Å². The van der Waals surface area contributed by atoms with E-state index in [-0.39, 0.29) is 17.3 Å². The summed E-state index contributed by atoms with van der Waals surface area (Å²) in [6.07, 6.45) is 0. The predicted octanol–water partition coefficient (Wildman–Crippen LogP) is 1.89.